The molecule has 0 radical (unpaired) electrons. The average Bonchev–Trinajstić information content (AvgIpc) is 2.99. The van der Waals surface area contributed by atoms with Crippen LogP contribution < -0.4 is 5.32 Å². The number of carbonyl (C=O) groups excluding carboxylic acids is 2. The number of nitrogens with one attached hydrogen (secondary N) is 1. The highest BCUT2D eigenvalue weighted by atomic mass is 35.5. The summed E-state index contributed by atoms with van der Waals surface area (Å²) >= 11 is 7.50. The minimum atomic E-state index is -0.172. The molecule has 3 amide bonds. The van der Waals surface area contributed by atoms with Crippen molar-refractivity contribution in [2.75, 3.05) is 37.8 Å². The number of nitrogens with zero attached hydrogens (tertiary/aromatic N) is 4. The molecule has 0 unspecified atom stereocenters. The number of hydrogen-bond acceptors (Lipinski definition) is 5. The summed E-state index contributed by atoms with van der Waals surface area (Å²) in [4.78, 5) is 38.0. The van der Waals surface area contributed by atoms with E-state index in [4.69, 9.17) is 11.6 Å². The van der Waals surface area contributed by atoms with E-state index in [-0.39, 0.29) is 11.9 Å². The molecule has 1 fully saturated rings. The van der Waals surface area contributed by atoms with E-state index in [9.17, 15) is 9.59 Å². The van der Waals surface area contributed by atoms with Gasteiger partial charge in [0.05, 0.1) is 0 Å². The monoisotopic (exact) mass is 461 g/mol. The fourth-order valence-electron chi connectivity index (χ4n) is 3.69. The molecule has 31 heavy (non-hydrogen) atoms. The van der Waals surface area contributed by atoms with Gasteiger partial charge in [0.1, 0.15) is 0 Å². The lowest BCUT2D eigenvalue weighted by Crippen LogP contribution is -2.39. The zero-order valence-corrected chi connectivity index (χ0v) is 19.7. The Morgan fingerprint density at radius 1 is 1.10 bits per heavy atom. The van der Waals surface area contributed by atoms with Crippen LogP contribution in [0.1, 0.15) is 29.8 Å². The fraction of sp³-hybridized carbons (Fsp3) is 0.455. The van der Waals surface area contributed by atoms with Crippen molar-refractivity contribution in [3.05, 3.63) is 46.2 Å². The number of anilines is 1. The van der Waals surface area contributed by atoms with Crippen LogP contribution in [-0.2, 0) is 11.2 Å². The van der Waals surface area contributed by atoms with Gasteiger partial charge in [-0.3, -0.25) is 4.79 Å². The lowest BCUT2D eigenvalue weighted by Gasteiger charge is -2.23. The van der Waals surface area contributed by atoms with Crippen molar-refractivity contribution >= 4 is 41.0 Å². The van der Waals surface area contributed by atoms with Crippen LogP contribution in [0.4, 0.5) is 10.5 Å². The first kappa shape index (κ1) is 23.3. The van der Waals surface area contributed by atoms with E-state index in [0.29, 0.717) is 49.7 Å². The number of thioether (sulfide) groups is 1. The third kappa shape index (κ3) is 6.33. The van der Waals surface area contributed by atoms with E-state index in [1.165, 1.54) is 11.8 Å². The fourth-order valence-corrected chi connectivity index (χ4v) is 4.34. The Morgan fingerprint density at radius 2 is 1.77 bits per heavy atom. The largest absolute Gasteiger partial charge is 0.341 e. The zero-order valence-electron chi connectivity index (χ0n) is 18.2. The van der Waals surface area contributed by atoms with Crippen molar-refractivity contribution in [1.82, 2.24) is 19.8 Å². The van der Waals surface area contributed by atoms with Gasteiger partial charge in [-0.15, -0.1) is 0 Å². The Balaban J connectivity index is 1.53. The van der Waals surface area contributed by atoms with E-state index >= 15 is 0 Å². The second-order valence-corrected chi connectivity index (χ2v) is 8.73. The van der Waals surface area contributed by atoms with Crippen LogP contribution >= 0.6 is 23.4 Å². The second-order valence-electron chi connectivity index (χ2n) is 7.52. The van der Waals surface area contributed by atoms with Crippen molar-refractivity contribution < 1.29 is 9.59 Å². The molecule has 1 aliphatic heterocycles. The Kier molecular flexibility index (Phi) is 8.15. The minimum absolute atomic E-state index is 0.102. The van der Waals surface area contributed by atoms with E-state index < -0.39 is 0 Å². The Hall–Kier alpha value is -2.32. The molecule has 3 rings (SSSR count). The summed E-state index contributed by atoms with van der Waals surface area (Å²) in [5.74, 6) is 0.102. The minimum Gasteiger partial charge on any atom is -0.341 e. The topological polar surface area (TPSA) is 78.4 Å². The third-order valence-electron chi connectivity index (χ3n) is 5.38. The maximum Gasteiger partial charge on any atom is 0.321 e. The number of aromatic nitrogens is 2. The van der Waals surface area contributed by atoms with Crippen molar-refractivity contribution in [2.45, 2.75) is 38.3 Å². The van der Waals surface area contributed by atoms with Crippen LogP contribution in [0.2, 0.25) is 5.02 Å². The number of aryl methyl sites for hydroxylation is 2. The summed E-state index contributed by atoms with van der Waals surface area (Å²) in [7, 11) is 0. The van der Waals surface area contributed by atoms with Crippen molar-refractivity contribution in [1.29, 1.82) is 0 Å². The van der Waals surface area contributed by atoms with E-state index in [1.807, 2.05) is 25.0 Å². The normalized spacial score (nSPS) is 14.3. The predicted molar refractivity (Wildman–Crippen MR) is 125 cm³/mol. The standard InChI is InChI=1S/C22H28ClN5O2S/c1-15-19(16(2)25-21(24-15)31-3)8-9-20(29)27-10-5-11-28(13-12-27)22(30)26-18-7-4-6-17(23)14-18/h4,6-7,14H,5,8-13H2,1-3H3,(H,26,30). The summed E-state index contributed by atoms with van der Waals surface area (Å²) < 4.78 is 0. The third-order valence-corrected chi connectivity index (χ3v) is 6.17. The van der Waals surface area contributed by atoms with Crippen LogP contribution in [0.3, 0.4) is 0 Å². The second kappa shape index (κ2) is 10.8. The van der Waals surface area contributed by atoms with Gasteiger partial charge in [-0.25, -0.2) is 14.8 Å². The quantitative estimate of drug-likeness (QED) is 0.534. The summed E-state index contributed by atoms with van der Waals surface area (Å²) in [6.45, 7) is 6.23. The highest BCUT2D eigenvalue weighted by Crippen LogP contribution is 2.18. The number of benzene rings is 1. The molecule has 7 nitrogen and oxygen atoms in total. The van der Waals surface area contributed by atoms with Crippen molar-refractivity contribution in [3.8, 4) is 0 Å². The van der Waals surface area contributed by atoms with Gasteiger partial charge in [0.25, 0.3) is 0 Å². The lowest BCUT2D eigenvalue weighted by molar-refractivity contribution is -0.131. The Morgan fingerprint density at radius 3 is 2.45 bits per heavy atom. The molecular formula is C22H28ClN5O2S. The molecule has 2 heterocycles. The van der Waals surface area contributed by atoms with Crippen LogP contribution in [0.5, 0.6) is 0 Å². The molecule has 1 N–H and O–H groups in total. The van der Waals surface area contributed by atoms with E-state index in [2.05, 4.69) is 15.3 Å². The van der Waals surface area contributed by atoms with E-state index in [0.717, 1.165) is 28.5 Å². The molecule has 0 saturated carbocycles. The molecule has 9 heteroatoms. The molecule has 1 aliphatic rings. The first-order chi connectivity index (χ1) is 14.9. The van der Waals surface area contributed by atoms with Gasteiger partial charge in [-0.05, 0) is 56.7 Å². The van der Waals surface area contributed by atoms with Gasteiger partial charge >= 0.3 is 6.03 Å². The van der Waals surface area contributed by atoms with Crippen molar-refractivity contribution in [2.24, 2.45) is 0 Å². The molecule has 2 aromatic rings. The van der Waals surface area contributed by atoms with Gasteiger partial charge in [0, 0.05) is 54.7 Å². The van der Waals surface area contributed by atoms with Gasteiger partial charge in [-0.1, -0.05) is 29.4 Å². The summed E-state index contributed by atoms with van der Waals surface area (Å²) in [6.07, 6.45) is 3.74. The van der Waals surface area contributed by atoms with Crippen LogP contribution in [0, 0.1) is 13.8 Å². The maximum absolute atomic E-state index is 12.8. The summed E-state index contributed by atoms with van der Waals surface area (Å²) in [6, 6.07) is 6.90. The number of hydrogen-bond donors (Lipinski definition) is 1. The molecule has 1 aromatic carbocycles. The number of amides is 3. The smallest absolute Gasteiger partial charge is 0.321 e. The predicted octanol–water partition coefficient (Wildman–Crippen LogP) is 4.17. The molecule has 0 aliphatic carbocycles. The summed E-state index contributed by atoms with van der Waals surface area (Å²) in [5, 5.41) is 4.21. The molecule has 1 aromatic heterocycles. The van der Waals surface area contributed by atoms with Gasteiger partial charge in [-0.2, -0.15) is 0 Å². The highest BCUT2D eigenvalue weighted by Gasteiger charge is 2.22. The van der Waals surface area contributed by atoms with Crippen LogP contribution in [0.25, 0.3) is 0 Å². The van der Waals surface area contributed by atoms with Gasteiger partial charge in [0.2, 0.25) is 5.91 Å². The average molecular weight is 462 g/mol. The van der Waals surface area contributed by atoms with E-state index in [1.54, 1.807) is 29.2 Å². The molecular weight excluding hydrogens is 434 g/mol. The first-order valence-electron chi connectivity index (χ1n) is 10.3. The molecule has 166 valence electrons. The first-order valence-corrected chi connectivity index (χ1v) is 11.9. The zero-order chi connectivity index (χ0) is 22.4. The molecule has 1 saturated heterocycles. The van der Waals surface area contributed by atoms with Gasteiger partial charge in [0.15, 0.2) is 5.16 Å². The number of halogens is 1. The Bertz CT molecular complexity index is 932. The van der Waals surface area contributed by atoms with Gasteiger partial charge < -0.3 is 15.1 Å². The number of rotatable bonds is 5. The lowest BCUT2D eigenvalue weighted by atomic mass is 10.1. The van der Waals surface area contributed by atoms with Crippen LogP contribution in [-0.4, -0.2) is 64.1 Å². The van der Waals surface area contributed by atoms with Crippen LogP contribution in [0.15, 0.2) is 29.4 Å². The maximum atomic E-state index is 12.8. The number of urea groups is 1. The molecule has 0 bridgehead atoms. The Labute approximate surface area is 192 Å². The molecule has 0 spiro atoms. The number of carbonyl (C=O) groups is 2. The van der Waals surface area contributed by atoms with Crippen molar-refractivity contribution in [3.63, 3.8) is 0 Å². The molecule has 0 atom stereocenters. The SMILES string of the molecule is CSc1nc(C)c(CCC(=O)N2CCCN(C(=O)Nc3cccc(Cl)c3)CC2)c(C)n1. The highest BCUT2D eigenvalue weighted by molar-refractivity contribution is 7.98. The summed E-state index contributed by atoms with van der Waals surface area (Å²) in [5.41, 5.74) is 3.58.